The van der Waals surface area contributed by atoms with Crippen molar-refractivity contribution in [2.24, 2.45) is 17.8 Å². The minimum absolute atomic E-state index is 0.281. The van der Waals surface area contributed by atoms with Crippen LogP contribution in [0.2, 0.25) is 0 Å². The molecule has 0 bridgehead atoms. The predicted molar refractivity (Wildman–Crippen MR) is 82.2 cm³/mol. The van der Waals surface area contributed by atoms with Gasteiger partial charge in [0, 0.05) is 20.2 Å². The largest absolute Gasteiger partial charge is 0.376 e. The van der Waals surface area contributed by atoms with Crippen LogP contribution in [0.5, 0.6) is 0 Å². The van der Waals surface area contributed by atoms with Gasteiger partial charge in [0.25, 0.3) is 0 Å². The van der Waals surface area contributed by atoms with E-state index in [-0.39, 0.29) is 6.10 Å². The second kappa shape index (κ2) is 6.47. The molecule has 1 aromatic rings. The van der Waals surface area contributed by atoms with Gasteiger partial charge in [0.15, 0.2) is 5.96 Å². The number of ether oxygens (including phenoxy) is 1. The van der Waals surface area contributed by atoms with Crippen LogP contribution in [0.3, 0.4) is 0 Å². The van der Waals surface area contributed by atoms with Crippen LogP contribution in [0.15, 0.2) is 4.99 Å². The summed E-state index contributed by atoms with van der Waals surface area (Å²) in [4.78, 5) is 4.46. The van der Waals surface area contributed by atoms with Crippen molar-refractivity contribution in [2.75, 3.05) is 13.2 Å². The Hall–Kier alpha value is -1.56. The molecule has 3 N–H and O–H groups in total. The average molecular weight is 291 g/mol. The molecule has 1 aromatic heterocycles. The van der Waals surface area contributed by atoms with Crippen LogP contribution < -0.4 is 11.1 Å². The minimum Gasteiger partial charge on any atom is -0.376 e. The first kappa shape index (κ1) is 14.4. The van der Waals surface area contributed by atoms with Crippen molar-refractivity contribution < 1.29 is 4.74 Å². The number of rotatable bonds is 4. The lowest BCUT2D eigenvalue weighted by atomic mass is 9.96. The van der Waals surface area contributed by atoms with Gasteiger partial charge in [-0.1, -0.05) is 0 Å². The third kappa shape index (κ3) is 3.37. The number of aromatic nitrogens is 2. The van der Waals surface area contributed by atoms with Gasteiger partial charge in [-0.05, 0) is 44.1 Å². The number of hydrogen-bond acceptors (Lipinski definition) is 3. The minimum atomic E-state index is 0.281. The van der Waals surface area contributed by atoms with Crippen LogP contribution >= 0.6 is 0 Å². The normalized spacial score (nSPS) is 22.3. The van der Waals surface area contributed by atoms with Crippen molar-refractivity contribution in [3.8, 4) is 0 Å². The molecule has 2 heterocycles. The Morgan fingerprint density at radius 1 is 1.43 bits per heavy atom. The number of nitrogens with zero attached hydrogens (tertiary/aromatic N) is 3. The Labute approximate surface area is 125 Å². The molecule has 6 nitrogen and oxygen atoms in total. The lowest BCUT2D eigenvalue weighted by Crippen LogP contribution is -2.37. The van der Waals surface area contributed by atoms with Crippen molar-refractivity contribution in [3.05, 3.63) is 17.0 Å². The highest BCUT2D eigenvalue weighted by Gasteiger charge is 2.19. The molecule has 0 aromatic carbocycles. The number of aliphatic imine (C=N–C) groups is 1. The summed E-state index contributed by atoms with van der Waals surface area (Å²) in [6.45, 7) is 2.21. The van der Waals surface area contributed by atoms with Gasteiger partial charge in [-0.3, -0.25) is 4.68 Å². The molecule has 0 saturated carbocycles. The van der Waals surface area contributed by atoms with Crippen LogP contribution in [0.1, 0.15) is 42.6 Å². The number of nitrogens with two attached hydrogens (primary N) is 1. The molecule has 2 aliphatic rings. The average Bonchev–Trinajstić information content (AvgIpc) is 3.10. The topological polar surface area (TPSA) is 77.5 Å². The van der Waals surface area contributed by atoms with Gasteiger partial charge in [-0.25, -0.2) is 4.99 Å². The van der Waals surface area contributed by atoms with E-state index in [9.17, 15) is 0 Å². The van der Waals surface area contributed by atoms with E-state index < -0.39 is 0 Å². The van der Waals surface area contributed by atoms with Crippen molar-refractivity contribution in [1.82, 2.24) is 15.1 Å². The lowest BCUT2D eigenvalue weighted by Gasteiger charge is -2.12. The molecule has 3 rings (SSSR count). The second-order valence-corrected chi connectivity index (χ2v) is 5.92. The van der Waals surface area contributed by atoms with Gasteiger partial charge in [-0.15, -0.1) is 0 Å². The summed E-state index contributed by atoms with van der Waals surface area (Å²) < 4.78 is 7.53. The smallest absolute Gasteiger partial charge is 0.189 e. The Morgan fingerprint density at radius 2 is 2.29 bits per heavy atom. The van der Waals surface area contributed by atoms with Gasteiger partial charge >= 0.3 is 0 Å². The number of guanidine groups is 1. The Kier molecular flexibility index (Phi) is 4.43. The zero-order chi connectivity index (χ0) is 14.7. The van der Waals surface area contributed by atoms with E-state index in [4.69, 9.17) is 10.5 Å². The SMILES string of the molecule is Cn1nc2c(c1CN=C(N)NCC1CCCO1)CCCC2. The zero-order valence-electron chi connectivity index (χ0n) is 12.8. The quantitative estimate of drug-likeness (QED) is 0.638. The van der Waals surface area contributed by atoms with Crippen LogP contribution in [0.4, 0.5) is 0 Å². The third-order valence-electron chi connectivity index (χ3n) is 4.38. The van der Waals surface area contributed by atoms with E-state index in [0.717, 1.165) is 38.8 Å². The number of nitrogens with one attached hydrogen (secondary N) is 1. The van der Waals surface area contributed by atoms with Crippen LogP contribution in [-0.4, -0.2) is 35.0 Å². The monoisotopic (exact) mass is 291 g/mol. The predicted octanol–water partition coefficient (Wildman–Crippen LogP) is 0.882. The molecule has 1 atom stereocenters. The molecule has 0 amide bonds. The molecule has 1 aliphatic carbocycles. The summed E-state index contributed by atoms with van der Waals surface area (Å²) in [5.41, 5.74) is 9.79. The van der Waals surface area contributed by atoms with Gasteiger partial charge in [0.2, 0.25) is 0 Å². The molecule has 1 aliphatic heterocycles. The summed E-state index contributed by atoms with van der Waals surface area (Å²) in [5.74, 6) is 0.497. The molecule has 0 spiro atoms. The molecule has 0 radical (unpaired) electrons. The second-order valence-electron chi connectivity index (χ2n) is 5.92. The standard InChI is InChI=1S/C15H25N5O/c1-20-14(12-6-2-3-7-13(12)19-20)10-18-15(16)17-9-11-5-4-8-21-11/h11H,2-10H2,1H3,(H3,16,17,18). The Bertz CT molecular complexity index is 516. The van der Waals surface area contributed by atoms with Crippen molar-refractivity contribution in [3.63, 3.8) is 0 Å². The summed E-state index contributed by atoms with van der Waals surface area (Å²) in [7, 11) is 2.00. The molecule has 1 saturated heterocycles. The number of fused-ring (bicyclic) bond motifs is 1. The molecule has 1 unspecified atom stereocenters. The van der Waals surface area contributed by atoms with Crippen molar-refractivity contribution in [1.29, 1.82) is 0 Å². The van der Waals surface area contributed by atoms with Gasteiger partial charge in [0.1, 0.15) is 0 Å². The maximum atomic E-state index is 5.95. The van der Waals surface area contributed by atoms with E-state index in [0.29, 0.717) is 12.5 Å². The van der Waals surface area contributed by atoms with E-state index in [2.05, 4.69) is 15.4 Å². The maximum absolute atomic E-state index is 5.95. The van der Waals surface area contributed by atoms with Crippen molar-refractivity contribution in [2.45, 2.75) is 51.2 Å². The first-order valence-electron chi connectivity index (χ1n) is 7.93. The van der Waals surface area contributed by atoms with Gasteiger partial charge in [0.05, 0.1) is 24.0 Å². The van der Waals surface area contributed by atoms with Gasteiger partial charge < -0.3 is 15.8 Å². The molecule has 21 heavy (non-hydrogen) atoms. The van der Waals surface area contributed by atoms with Crippen molar-refractivity contribution >= 4 is 5.96 Å². The fourth-order valence-corrected chi connectivity index (χ4v) is 3.18. The Morgan fingerprint density at radius 3 is 3.10 bits per heavy atom. The highest BCUT2D eigenvalue weighted by molar-refractivity contribution is 5.77. The Balaban J connectivity index is 1.58. The summed E-state index contributed by atoms with van der Waals surface area (Å²) in [5, 5.41) is 7.76. The summed E-state index contributed by atoms with van der Waals surface area (Å²) in [6, 6.07) is 0. The first-order chi connectivity index (χ1) is 10.2. The van der Waals surface area contributed by atoms with Crippen LogP contribution in [-0.2, 0) is 31.2 Å². The molecular formula is C15H25N5O. The van der Waals surface area contributed by atoms with Crippen LogP contribution in [0.25, 0.3) is 0 Å². The van der Waals surface area contributed by atoms with Crippen LogP contribution in [0, 0.1) is 0 Å². The summed E-state index contributed by atoms with van der Waals surface area (Å²) in [6.07, 6.45) is 7.25. The van der Waals surface area contributed by atoms with E-state index in [1.165, 1.54) is 29.8 Å². The zero-order valence-corrected chi connectivity index (χ0v) is 12.8. The highest BCUT2D eigenvalue weighted by atomic mass is 16.5. The number of hydrogen-bond donors (Lipinski definition) is 2. The molecule has 116 valence electrons. The van der Waals surface area contributed by atoms with E-state index in [1.807, 2.05) is 11.7 Å². The third-order valence-corrected chi connectivity index (χ3v) is 4.38. The molecular weight excluding hydrogens is 266 g/mol. The number of aryl methyl sites for hydroxylation is 2. The highest BCUT2D eigenvalue weighted by Crippen LogP contribution is 2.24. The fraction of sp³-hybridized carbons (Fsp3) is 0.733. The summed E-state index contributed by atoms with van der Waals surface area (Å²) >= 11 is 0. The van der Waals surface area contributed by atoms with E-state index in [1.54, 1.807) is 0 Å². The van der Waals surface area contributed by atoms with E-state index >= 15 is 0 Å². The lowest BCUT2D eigenvalue weighted by molar-refractivity contribution is 0.114. The maximum Gasteiger partial charge on any atom is 0.189 e. The first-order valence-corrected chi connectivity index (χ1v) is 7.93. The molecule has 1 fully saturated rings. The molecule has 6 heteroatoms. The van der Waals surface area contributed by atoms with Gasteiger partial charge in [-0.2, -0.15) is 5.10 Å². The fourth-order valence-electron chi connectivity index (χ4n) is 3.18.